The van der Waals surface area contributed by atoms with E-state index in [0.29, 0.717) is 28.3 Å². The summed E-state index contributed by atoms with van der Waals surface area (Å²) < 4.78 is 6.84. The van der Waals surface area contributed by atoms with Crippen molar-refractivity contribution in [3.63, 3.8) is 0 Å². The van der Waals surface area contributed by atoms with Crippen LogP contribution in [0.15, 0.2) is 82.0 Å². The number of benzene rings is 3. The summed E-state index contributed by atoms with van der Waals surface area (Å²) in [6, 6.07) is 23.7. The molecule has 1 fully saturated rings. The third kappa shape index (κ3) is 4.46. The van der Waals surface area contributed by atoms with Gasteiger partial charge in [0.2, 0.25) is 0 Å². The van der Waals surface area contributed by atoms with Crippen LogP contribution >= 0.6 is 11.3 Å². The van der Waals surface area contributed by atoms with Crippen molar-refractivity contribution in [2.24, 2.45) is 0 Å². The Labute approximate surface area is 206 Å². The number of nitrogens with zero attached hydrogens (tertiary/aromatic N) is 3. The number of phenolic OH excluding ortho intramolecular Hbond substituents is 1. The second kappa shape index (κ2) is 9.26. The molecule has 2 aromatic heterocycles. The van der Waals surface area contributed by atoms with Crippen molar-refractivity contribution in [2.45, 2.75) is 13.1 Å². The Balaban J connectivity index is 1.24. The molecule has 6 rings (SSSR count). The molecule has 6 nitrogen and oxygen atoms in total. The van der Waals surface area contributed by atoms with Gasteiger partial charge < -0.3 is 9.52 Å². The quantitative estimate of drug-likeness (QED) is 0.351. The smallest absolute Gasteiger partial charge is 0.346 e. The molecule has 3 aromatic carbocycles. The van der Waals surface area contributed by atoms with Gasteiger partial charge in [-0.25, -0.2) is 9.78 Å². The highest BCUT2D eigenvalue weighted by Gasteiger charge is 2.21. The van der Waals surface area contributed by atoms with Crippen LogP contribution in [0.25, 0.3) is 31.8 Å². The predicted octanol–water partition coefficient (Wildman–Crippen LogP) is 5.09. The van der Waals surface area contributed by atoms with Crippen LogP contribution in [0, 0.1) is 0 Å². The molecule has 1 aliphatic heterocycles. The summed E-state index contributed by atoms with van der Waals surface area (Å²) >= 11 is 1.48. The van der Waals surface area contributed by atoms with Gasteiger partial charge in [0.1, 0.15) is 16.3 Å². The van der Waals surface area contributed by atoms with E-state index in [0.717, 1.165) is 48.3 Å². The first kappa shape index (κ1) is 22.0. The van der Waals surface area contributed by atoms with Crippen LogP contribution in [-0.4, -0.2) is 46.1 Å². The molecule has 0 saturated carbocycles. The molecule has 0 amide bonds. The lowest BCUT2D eigenvalue weighted by Gasteiger charge is -2.34. The lowest BCUT2D eigenvalue weighted by Crippen LogP contribution is -2.45. The molecule has 0 bridgehead atoms. The standard InChI is InChI=1S/C28H25N3O3S/c32-24-11-10-20-16-21(27-29-23-8-4-5-9-25(23)35-27)28(33)34-26(20)22(24)18-31-14-12-30(13-15-31)17-19-6-2-1-3-7-19/h1-11,16,32H,12-15,17-18H2. The first-order valence-electron chi connectivity index (χ1n) is 11.8. The number of hydrogen-bond acceptors (Lipinski definition) is 7. The van der Waals surface area contributed by atoms with Gasteiger partial charge in [-0.15, -0.1) is 11.3 Å². The first-order valence-corrected chi connectivity index (χ1v) is 12.6. The molecule has 0 unspecified atom stereocenters. The van der Waals surface area contributed by atoms with E-state index in [1.165, 1.54) is 16.9 Å². The maximum Gasteiger partial charge on any atom is 0.346 e. The van der Waals surface area contributed by atoms with Gasteiger partial charge in [0.25, 0.3) is 0 Å². The normalized spacial score (nSPS) is 15.2. The number of aromatic hydroxyl groups is 1. The van der Waals surface area contributed by atoms with E-state index in [-0.39, 0.29) is 5.75 Å². The van der Waals surface area contributed by atoms with E-state index in [2.05, 4.69) is 39.0 Å². The fourth-order valence-electron chi connectivity index (χ4n) is 4.69. The molecule has 1 N–H and O–H groups in total. The monoisotopic (exact) mass is 483 g/mol. The molecule has 0 aliphatic carbocycles. The molecular formula is C28H25N3O3S. The fraction of sp³-hybridized carbons (Fsp3) is 0.214. The average molecular weight is 484 g/mol. The summed E-state index contributed by atoms with van der Waals surface area (Å²) in [7, 11) is 0. The number of aromatic nitrogens is 1. The van der Waals surface area contributed by atoms with Crippen LogP contribution in [-0.2, 0) is 13.1 Å². The van der Waals surface area contributed by atoms with Crippen molar-refractivity contribution < 1.29 is 9.52 Å². The van der Waals surface area contributed by atoms with Gasteiger partial charge in [-0.1, -0.05) is 42.5 Å². The summed E-state index contributed by atoms with van der Waals surface area (Å²) in [5.41, 5.74) is 3.31. The summed E-state index contributed by atoms with van der Waals surface area (Å²) in [6.45, 7) is 5.15. The minimum Gasteiger partial charge on any atom is -0.507 e. The predicted molar refractivity (Wildman–Crippen MR) is 140 cm³/mol. The molecule has 0 spiro atoms. The van der Waals surface area contributed by atoms with E-state index in [4.69, 9.17) is 4.42 Å². The van der Waals surface area contributed by atoms with Gasteiger partial charge in [-0.2, -0.15) is 0 Å². The van der Waals surface area contributed by atoms with Crippen LogP contribution in [0.1, 0.15) is 11.1 Å². The number of para-hydroxylation sites is 1. The Morgan fingerprint density at radius 3 is 2.37 bits per heavy atom. The highest BCUT2D eigenvalue weighted by atomic mass is 32.1. The third-order valence-electron chi connectivity index (χ3n) is 6.60. The molecule has 35 heavy (non-hydrogen) atoms. The molecule has 0 radical (unpaired) electrons. The van der Waals surface area contributed by atoms with E-state index in [1.54, 1.807) is 12.1 Å². The van der Waals surface area contributed by atoms with Gasteiger partial charge in [0.15, 0.2) is 0 Å². The number of rotatable bonds is 5. The second-order valence-electron chi connectivity index (χ2n) is 8.95. The highest BCUT2D eigenvalue weighted by Crippen LogP contribution is 2.33. The number of phenols is 1. The minimum absolute atomic E-state index is 0.153. The van der Waals surface area contributed by atoms with Crippen molar-refractivity contribution in [2.75, 3.05) is 26.2 Å². The van der Waals surface area contributed by atoms with E-state index in [9.17, 15) is 9.90 Å². The summed E-state index contributed by atoms with van der Waals surface area (Å²) in [5, 5.41) is 12.1. The SMILES string of the molecule is O=c1oc2c(CN3CCN(Cc4ccccc4)CC3)c(O)ccc2cc1-c1nc2ccccc2s1. The Hall–Kier alpha value is -3.52. The van der Waals surface area contributed by atoms with Crippen molar-refractivity contribution >= 4 is 32.5 Å². The molecule has 5 aromatic rings. The van der Waals surface area contributed by atoms with Gasteiger partial charge in [0.05, 0.1) is 21.3 Å². The lowest BCUT2D eigenvalue weighted by molar-refractivity contribution is 0.121. The molecule has 0 atom stereocenters. The minimum atomic E-state index is -0.434. The Bertz CT molecular complexity index is 1520. The third-order valence-corrected chi connectivity index (χ3v) is 7.67. The van der Waals surface area contributed by atoms with Gasteiger partial charge in [0, 0.05) is 44.7 Å². The van der Waals surface area contributed by atoms with Crippen molar-refractivity contribution in [3.05, 3.63) is 94.3 Å². The zero-order chi connectivity index (χ0) is 23.8. The van der Waals surface area contributed by atoms with Crippen molar-refractivity contribution in [1.82, 2.24) is 14.8 Å². The van der Waals surface area contributed by atoms with E-state index < -0.39 is 5.63 Å². The number of hydrogen-bond donors (Lipinski definition) is 1. The highest BCUT2D eigenvalue weighted by molar-refractivity contribution is 7.21. The topological polar surface area (TPSA) is 69.8 Å². The van der Waals surface area contributed by atoms with Crippen LogP contribution in [0.2, 0.25) is 0 Å². The maximum atomic E-state index is 13.0. The zero-order valence-electron chi connectivity index (χ0n) is 19.2. The van der Waals surface area contributed by atoms with E-state index >= 15 is 0 Å². The fourth-order valence-corrected chi connectivity index (χ4v) is 5.66. The Kier molecular flexibility index (Phi) is 5.82. The van der Waals surface area contributed by atoms with Gasteiger partial charge in [-0.05, 0) is 35.9 Å². The second-order valence-corrected chi connectivity index (χ2v) is 9.98. The van der Waals surface area contributed by atoms with Crippen LogP contribution < -0.4 is 5.63 Å². The maximum absolute atomic E-state index is 13.0. The van der Waals surface area contributed by atoms with E-state index in [1.807, 2.05) is 36.4 Å². The summed E-state index contributed by atoms with van der Waals surface area (Å²) in [5.74, 6) is 0.153. The zero-order valence-corrected chi connectivity index (χ0v) is 20.0. The molecule has 7 heteroatoms. The van der Waals surface area contributed by atoms with Gasteiger partial charge >= 0.3 is 5.63 Å². The van der Waals surface area contributed by atoms with Crippen LogP contribution in [0.3, 0.4) is 0 Å². The number of fused-ring (bicyclic) bond motifs is 2. The number of piperazine rings is 1. The molecule has 1 aliphatic rings. The van der Waals surface area contributed by atoms with Crippen molar-refractivity contribution in [1.29, 1.82) is 0 Å². The first-order chi connectivity index (χ1) is 17.1. The van der Waals surface area contributed by atoms with Crippen molar-refractivity contribution in [3.8, 4) is 16.3 Å². The molecule has 1 saturated heterocycles. The lowest BCUT2D eigenvalue weighted by atomic mass is 10.1. The largest absolute Gasteiger partial charge is 0.507 e. The Morgan fingerprint density at radius 2 is 1.60 bits per heavy atom. The summed E-state index contributed by atoms with van der Waals surface area (Å²) in [4.78, 5) is 22.3. The molecular weight excluding hydrogens is 458 g/mol. The molecule has 176 valence electrons. The number of thiazole rings is 1. The Morgan fingerprint density at radius 1 is 0.886 bits per heavy atom. The molecule has 3 heterocycles. The van der Waals surface area contributed by atoms with Gasteiger partial charge in [-0.3, -0.25) is 9.80 Å². The average Bonchev–Trinajstić information content (AvgIpc) is 3.31. The van der Waals surface area contributed by atoms with Crippen LogP contribution in [0.4, 0.5) is 0 Å². The summed E-state index contributed by atoms with van der Waals surface area (Å²) in [6.07, 6.45) is 0. The van der Waals surface area contributed by atoms with Crippen LogP contribution in [0.5, 0.6) is 5.75 Å².